The third-order valence-electron chi connectivity index (χ3n) is 3.96. The minimum Gasteiger partial charge on any atom is -0.481 e. The minimum atomic E-state index is -0.798. The van der Waals surface area contributed by atoms with E-state index in [9.17, 15) is 14.4 Å². The van der Waals surface area contributed by atoms with Crippen molar-refractivity contribution >= 4 is 17.8 Å². The maximum absolute atomic E-state index is 12.1. The van der Waals surface area contributed by atoms with E-state index >= 15 is 0 Å². The predicted molar refractivity (Wildman–Crippen MR) is 60.6 cm³/mol. The standard InChI is InChI=1S/C12H16N2O4/c15-10-4-9(12(18)14(10)8-1-2-8)13-5-7(6-13)3-11(16)17/h7-9H,1-6H2,(H,16,17). The van der Waals surface area contributed by atoms with Crippen LogP contribution in [0.2, 0.25) is 0 Å². The van der Waals surface area contributed by atoms with Crippen LogP contribution >= 0.6 is 0 Å². The van der Waals surface area contributed by atoms with E-state index in [0.717, 1.165) is 12.8 Å². The monoisotopic (exact) mass is 252 g/mol. The number of likely N-dealkylation sites (tertiary alicyclic amines) is 2. The normalized spacial score (nSPS) is 29.8. The fraction of sp³-hybridized carbons (Fsp3) is 0.750. The van der Waals surface area contributed by atoms with Crippen molar-refractivity contribution in [2.45, 2.75) is 37.8 Å². The zero-order valence-corrected chi connectivity index (χ0v) is 10.0. The molecule has 0 radical (unpaired) electrons. The van der Waals surface area contributed by atoms with Crippen molar-refractivity contribution in [1.82, 2.24) is 9.80 Å². The van der Waals surface area contributed by atoms with E-state index in [1.54, 1.807) is 0 Å². The number of rotatable bonds is 4. The average Bonchev–Trinajstić information content (AvgIpc) is 3.00. The van der Waals surface area contributed by atoms with Crippen LogP contribution in [0, 0.1) is 5.92 Å². The number of imide groups is 1. The molecule has 98 valence electrons. The molecule has 3 rings (SSSR count). The quantitative estimate of drug-likeness (QED) is 0.694. The average molecular weight is 252 g/mol. The molecule has 2 amide bonds. The summed E-state index contributed by atoms with van der Waals surface area (Å²) in [6.07, 6.45) is 2.30. The molecule has 0 aromatic heterocycles. The van der Waals surface area contributed by atoms with Crippen molar-refractivity contribution in [3.05, 3.63) is 0 Å². The van der Waals surface area contributed by atoms with Gasteiger partial charge in [-0.1, -0.05) is 0 Å². The zero-order chi connectivity index (χ0) is 12.9. The van der Waals surface area contributed by atoms with Crippen LogP contribution in [0.3, 0.4) is 0 Å². The summed E-state index contributed by atoms with van der Waals surface area (Å²) >= 11 is 0. The number of carbonyl (C=O) groups is 3. The highest BCUT2D eigenvalue weighted by Crippen LogP contribution is 2.35. The summed E-state index contributed by atoms with van der Waals surface area (Å²) < 4.78 is 0. The molecule has 1 N–H and O–H groups in total. The molecule has 3 aliphatic rings. The van der Waals surface area contributed by atoms with Gasteiger partial charge in [-0.05, 0) is 18.8 Å². The topological polar surface area (TPSA) is 77.9 Å². The largest absolute Gasteiger partial charge is 0.481 e. The van der Waals surface area contributed by atoms with E-state index in [1.165, 1.54) is 4.90 Å². The fourth-order valence-electron chi connectivity index (χ4n) is 2.88. The van der Waals surface area contributed by atoms with E-state index < -0.39 is 5.97 Å². The minimum absolute atomic E-state index is 0.0609. The number of amides is 2. The van der Waals surface area contributed by atoms with Gasteiger partial charge in [-0.2, -0.15) is 0 Å². The molecule has 3 fully saturated rings. The summed E-state index contributed by atoms with van der Waals surface area (Å²) in [4.78, 5) is 37.8. The number of nitrogens with zero attached hydrogens (tertiary/aromatic N) is 2. The van der Waals surface area contributed by atoms with Crippen molar-refractivity contribution in [2.24, 2.45) is 5.92 Å². The summed E-state index contributed by atoms with van der Waals surface area (Å²) in [7, 11) is 0. The second-order valence-electron chi connectivity index (χ2n) is 5.47. The number of carboxylic acids is 1. The fourth-order valence-corrected chi connectivity index (χ4v) is 2.88. The van der Waals surface area contributed by atoms with E-state index in [2.05, 4.69) is 0 Å². The Morgan fingerprint density at radius 1 is 1.28 bits per heavy atom. The molecular weight excluding hydrogens is 236 g/mol. The lowest BCUT2D eigenvalue weighted by Crippen LogP contribution is -2.55. The Hall–Kier alpha value is -1.43. The molecule has 0 aromatic carbocycles. The molecule has 0 aromatic rings. The Labute approximate surface area is 105 Å². The van der Waals surface area contributed by atoms with Crippen LogP contribution in [0.25, 0.3) is 0 Å². The lowest BCUT2D eigenvalue weighted by molar-refractivity contribution is -0.141. The molecule has 2 aliphatic heterocycles. The van der Waals surface area contributed by atoms with Crippen molar-refractivity contribution in [3.8, 4) is 0 Å². The van der Waals surface area contributed by atoms with Gasteiger partial charge >= 0.3 is 5.97 Å². The van der Waals surface area contributed by atoms with Gasteiger partial charge in [0, 0.05) is 19.1 Å². The molecule has 6 nitrogen and oxygen atoms in total. The molecule has 0 bridgehead atoms. The Kier molecular flexibility index (Phi) is 2.62. The van der Waals surface area contributed by atoms with Gasteiger partial charge in [-0.3, -0.25) is 24.2 Å². The van der Waals surface area contributed by atoms with Crippen LogP contribution in [-0.2, 0) is 14.4 Å². The number of carbonyl (C=O) groups excluding carboxylic acids is 2. The van der Waals surface area contributed by atoms with Gasteiger partial charge in [0.05, 0.1) is 18.9 Å². The highest BCUT2D eigenvalue weighted by molar-refractivity contribution is 6.06. The van der Waals surface area contributed by atoms with Gasteiger partial charge in [-0.15, -0.1) is 0 Å². The lowest BCUT2D eigenvalue weighted by Gasteiger charge is -2.41. The highest BCUT2D eigenvalue weighted by atomic mass is 16.4. The molecule has 1 unspecified atom stereocenters. The first kappa shape index (κ1) is 11.6. The first-order valence-corrected chi connectivity index (χ1v) is 6.38. The Morgan fingerprint density at radius 3 is 2.50 bits per heavy atom. The van der Waals surface area contributed by atoms with Gasteiger partial charge in [0.25, 0.3) is 0 Å². The Balaban J connectivity index is 1.57. The number of carboxylic acid groups (broad SMARTS) is 1. The summed E-state index contributed by atoms with van der Waals surface area (Å²) in [5.74, 6) is -0.807. The molecule has 2 heterocycles. The molecular formula is C12H16N2O4. The van der Waals surface area contributed by atoms with Gasteiger partial charge in [0.2, 0.25) is 11.8 Å². The first-order chi connectivity index (χ1) is 8.56. The molecule has 6 heteroatoms. The van der Waals surface area contributed by atoms with Gasteiger partial charge in [0.1, 0.15) is 0 Å². The third kappa shape index (κ3) is 1.90. The molecule has 1 aliphatic carbocycles. The van der Waals surface area contributed by atoms with Gasteiger partial charge in [-0.25, -0.2) is 0 Å². The molecule has 0 spiro atoms. The second-order valence-corrected chi connectivity index (χ2v) is 5.47. The third-order valence-corrected chi connectivity index (χ3v) is 3.96. The van der Waals surface area contributed by atoms with Crippen LogP contribution in [-0.4, -0.2) is 57.9 Å². The molecule has 1 atom stereocenters. The maximum Gasteiger partial charge on any atom is 0.303 e. The van der Waals surface area contributed by atoms with Crippen LogP contribution < -0.4 is 0 Å². The molecule has 18 heavy (non-hydrogen) atoms. The number of hydrogen-bond donors (Lipinski definition) is 1. The predicted octanol–water partition coefficient (Wildman–Crippen LogP) is -0.317. The summed E-state index contributed by atoms with van der Waals surface area (Å²) in [5.41, 5.74) is 0. The summed E-state index contributed by atoms with van der Waals surface area (Å²) in [6, 6.07) is -0.186. The smallest absolute Gasteiger partial charge is 0.303 e. The van der Waals surface area contributed by atoms with Gasteiger partial charge < -0.3 is 5.11 Å². The van der Waals surface area contributed by atoms with Crippen LogP contribution in [0.5, 0.6) is 0 Å². The van der Waals surface area contributed by atoms with Crippen LogP contribution in [0.4, 0.5) is 0 Å². The first-order valence-electron chi connectivity index (χ1n) is 6.38. The Morgan fingerprint density at radius 2 is 1.94 bits per heavy atom. The van der Waals surface area contributed by atoms with Crippen molar-refractivity contribution in [3.63, 3.8) is 0 Å². The highest BCUT2D eigenvalue weighted by Gasteiger charge is 2.50. The SMILES string of the molecule is O=C(O)CC1CN(C2CC(=O)N(C3CC3)C2=O)C1. The zero-order valence-electron chi connectivity index (χ0n) is 10.0. The molecule has 1 saturated carbocycles. The van der Waals surface area contributed by atoms with E-state index in [4.69, 9.17) is 5.11 Å². The summed E-state index contributed by atoms with van der Waals surface area (Å²) in [6.45, 7) is 1.24. The van der Waals surface area contributed by atoms with Gasteiger partial charge in [0.15, 0.2) is 0 Å². The Bertz CT molecular complexity index is 412. The maximum atomic E-state index is 12.1. The number of hydrogen-bond acceptors (Lipinski definition) is 4. The molecule has 2 saturated heterocycles. The number of aliphatic carboxylic acids is 1. The van der Waals surface area contributed by atoms with Crippen LogP contribution in [0.15, 0.2) is 0 Å². The van der Waals surface area contributed by atoms with E-state index in [-0.39, 0.29) is 42.7 Å². The second kappa shape index (κ2) is 4.05. The van der Waals surface area contributed by atoms with E-state index in [0.29, 0.717) is 13.1 Å². The van der Waals surface area contributed by atoms with E-state index in [1.807, 2.05) is 4.90 Å². The van der Waals surface area contributed by atoms with Crippen LogP contribution in [0.1, 0.15) is 25.7 Å². The summed E-state index contributed by atoms with van der Waals surface area (Å²) in [5, 5.41) is 8.67. The lowest BCUT2D eigenvalue weighted by atomic mass is 9.94. The van der Waals surface area contributed by atoms with Crippen molar-refractivity contribution < 1.29 is 19.5 Å². The van der Waals surface area contributed by atoms with Crippen molar-refractivity contribution in [2.75, 3.05) is 13.1 Å². The van der Waals surface area contributed by atoms with Crippen molar-refractivity contribution in [1.29, 1.82) is 0 Å².